The average Bonchev–Trinajstić information content (AvgIpc) is 3.01. The van der Waals surface area contributed by atoms with Gasteiger partial charge in [0.05, 0.1) is 6.20 Å². The Labute approximate surface area is 133 Å². The molecule has 0 aliphatic heterocycles. The Morgan fingerprint density at radius 2 is 2.18 bits per heavy atom. The zero-order valence-electron chi connectivity index (χ0n) is 13.2. The summed E-state index contributed by atoms with van der Waals surface area (Å²) in [5, 5.41) is 13.2. The van der Waals surface area contributed by atoms with Gasteiger partial charge < -0.3 is 10.1 Å². The number of aryl methyl sites for hydroxylation is 1. The number of rotatable bonds is 5. The van der Waals surface area contributed by atoms with Crippen LogP contribution in [0.25, 0.3) is 0 Å². The monoisotopic (exact) mass is 323 g/mol. The normalized spacial score (nSPS) is 11.5. The molecular weight excluding hydrogens is 302 g/mol. The summed E-state index contributed by atoms with van der Waals surface area (Å²) in [5.41, 5.74) is 0.358. The Kier molecular flexibility index (Phi) is 5.15. The van der Waals surface area contributed by atoms with Crippen LogP contribution in [-0.2, 0) is 24.9 Å². The van der Waals surface area contributed by atoms with Crippen molar-refractivity contribution in [1.29, 1.82) is 0 Å². The zero-order chi connectivity index (χ0) is 16.2. The number of carbonyl (C=O) groups excluding carboxylic acids is 1. The van der Waals surface area contributed by atoms with Crippen molar-refractivity contribution in [2.45, 2.75) is 39.5 Å². The summed E-state index contributed by atoms with van der Waals surface area (Å²) in [5.74, 6) is 0.626. The van der Waals surface area contributed by atoms with Crippen molar-refractivity contribution >= 4 is 23.2 Å². The minimum absolute atomic E-state index is 0.489. The van der Waals surface area contributed by atoms with Crippen LogP contribution in [-0.4, -0.2) is 26.5 Å². The standard InChI is InChI=1S/C14H21N5O2S/c1-14(2,3)21-13(20)18-12-10(8-17-19(12)4)7-15-9-11-16-5-6-22-11/h5-6,8,15H,7,9H2,1-4H3,(H,18,20). The van der Waals surface area contributed by atoms with Crippen LogP contribution in [0.3, 0.4) is 0 Å². The highest BCUT2D eigenvalue weighted by Gasteiger charge is 2.18. The molecule has 0 bridgehead atoms. The number of anilines is 1. The highest BCUT2D eigenvalue weighted by Crippen LogP contribution is 2.16. The lowest BCUT2D eigenvalue weighted by molar-refractivity contribution is 0.0634. The molecule has 0 atom stereocenters. The van der Waals surface area contributed by atoms with Crippen molar-refractivity contribution in [2.24, 2.45) is 7.05 Å². The number of carbonyl (C=O) groups is 1. The highest BCUT2D eigenvalue weighted by molar-refractivity contribution is 7.09. The van der Waals surface area contributed by atoms with Crippen LogP contribution in [0, 0.1) is 0 Å². The quantitative estimate of drug-likeness (QED) is 0.883. The van der Waals surface area contributed by atoms with Crippen LogP contribution in [0.15, 0.2) is 17.8 Å². The van der Waals surface area contributed by atoms with Gasteiger partial charge in [-0.3, -0.25) is 10.00 Å². The van der Waals surface area contributed by atoms with E-state index < -0.39 is 11.7 Å². The van der Waals surface area contributed by atoms with E-state index >= 15 is 0 Å². The van der Waals surface area contributed by atoms with Gasteiger partial charge in [0.2, 0.25) is 0 Å². The maximum absolute atomic E-state index is 11.9. The molecule has 0 radical (unpaired) electrons. The van der Waals surface area contributed by atoms with Gasteiger partial charge in [-0.25, -0.2) is 9.78 Å². The summed E-state index contributed by atoms with van der Waals surface area (Å²) in [6.07, 6.45) is 3.01. The van der Waals surface area contributed by atoms with E-state index in [0.29, 0.717) is 18.9 Å². The van der Waals surface area contributed by atoms with Crippen LogP contribution in [0.5, 0.6) is 0 Å². The van der Waals surface area contributed by atoms with Gasteiger partial charge in [0.15, 0.2) is 0 Å². The number of nitrogens with one attached hydrogen (secondary N) is 2. The third kappa shape index (κ3) is 4.81. The number of aromatic nitrogens is 3. The number of thiazole rings is 1. The van der Waals surface area contributed by atoms with E-state index in [-0.39, 0.29) is 0 Å². The fourth-order valence-corrected chi connectivity index (χ4v) is 2.40. The Morgan fingerprint density at radius 1 is 1.41 bits per heavy atom. The SMILES string of the molecule is Cn1ncc(CNCc2nccs2)c1NC(=O)OC(C)(C)C. The van der Waals surface area contributed by atoms with E-state index in [9.17, 15) is 4.79 Å². The van der Waals surface area contributed by atoms with Crippen LogP contribution < -0.4 is 10.6 Å². The molecule has 0 saturated heterocycles. The topological polar surface area (TPSA) is 81.1 Å². The molecule has 7 nitrogen and oxygen atoms in total. The third-order valence-corrected chi connectivity index (χ3v) is 3.49. The molecule has 2 rings (SSSR count). The second kappa shape index (κ2) is 6.89. The molecule has 2 aromatic rings. The summed E-state index contributed by atoms with van der Waals surface area (Å²) >= 11 is 1.60. The fourth-order valence-electron chi connectivity index (χ4n) is 1.82. The molecule has 2 N–H and O–H groups in total. The molecule has 22 heavy (non-hydrogen) atoms. The van der Waals surface area contributed by atoms with Crippen LogP contribution >= 0.6 is 11.3 Å². The predicted molar refractivity (Wildman–Crippen MR) is 85.7 cm³/mol. The fraction of sp³-hybridized carbons (Fsp3) is 0.500. The van der Waals surface area contributed by atoms with Gasteiger partial charge in [-0.1, -0.05) is 0 Å². The molecule has 1 amide bonds. The minimum atomic E-state index is -0.536. The number of amides is 1. The third-order valence-electron chi connectivity index (χ3n) is 2.71. The Morgan fingerprint density at radius 3 is 2.82 bits per heavy atom. The maximum atomic E-state index is 11.9. The first-order valence-corrected chi connectivity index (χ1v) is 7.83. The second-order valence-electron chi connectivity index (χ2n) is 5.80. The molecule has 2 aromatic heterocycles. The van der Waals surface area contributed by atoms with Gasteiger partial charge in [0.25, 0.3) is 0 Å². The van der Waals surface area contributed by atoms with E-state index in [1.807, 2.05) is 26.2 Å². The van der Waals surface area contributed by atoms with E-state index in [0.717, 1.165) is 10.6 Å². The van der Waals surface area contributed by atoms with Gasteiger partial charge >= 0.3 is 6.09 Å². The summed E-state index contributed by atoms with van der Waals surface area (Å²) in [4.78, 5) is 16.1. The number of hydrogen-bond donors (Lipinski definition) is 2. The Bertz CT molecular complexity index is 616. The maximum Gasteiger partial charge on any atom is 0.413 e. The summed E-state index contributed by atoms with van der Waals surface area (Å²) < 4.78 is 6.88. The van der Waals surface area contributed by atoms with Crippen LogP contribution in [0.4, 0.5) is 10.6 Å². The molecule has 8 heteroatoms. The molecule has 0 unspecified atom stereocenters. The second-order valence-corrected chi connectivity index (χ2v) is 6.78. The van der Waals surface area contributed by atoms with E-state index in [2.05, 4.69) is 20.7 Å². The molecule has 120 valence electrons. The van der Waals surface area contributed by atoms with Crippen molar-refractivity contribution in [2.75, 3.05) is 5.32 Å². The van der Waals surface area contributed by atoms with Crippen molar-refractivity contribution in [3.05, 3.63) is 28.3 Å². The number of nitrogens with zero attached hydrogens (tertiary/aromatic N) is 3. The van der Waals surface area contributed by atoms with Crippen molar-refractivity contribution in [3.63, 3.8) is 0 Å². The van der Waals surface area contributed by atoms with Gasteiger partial charge in [0.1, 0.15) is 16.4 Å². The van der Waals surface area contributed by atoms with E-state index in [1.54, 1.807) is 35.5 Å². The molecule has 0 aromatic carbocycles. The highest BCUT2D eigenvalue weighted by atomic mass is 32.1. The molecular formula is C14H21N5O2S. The summed E-state index contributed by atoms with van der Waals surface area (Å²) in [7, 11) is 1.77. The van der Waals surface area contributed by atoms with Crippen molar-refractivity contribution in [1.82, 2.24) is 20.1 Å². The van der Waals surface area contributed by atoms with Gasteiger partial charge in [-0.15, -0.1) is 11.3 Å². The first-order valence-electron chi connectivity index (χ1n) is 6.95. The Balaban J connectivity index is 1.94. The van der Waals surface area contributed by atoms with Crippen LogP contribution in [0.2, 0.25) is 0 Å². The predicted octanol–water partition coefficient (Wildman–Crippen LogP) is 2.51. The lowest BCUT2D eigenvalue weighted by Crippen LogP contribution is -2.28. The molecule has 0 spiro atoms. The largest absolute Gasteiger partial charge is 0.444 e. The molecule has 0 aliphatic carbocycles. The van der Waals surface area contributed by atoms with E-state index in [1.165, 1.54) is 0 Å². The number of ether oxygens (including phenoxy) is 1. The minimum Gasteiger partial charge on any atom is -0.444 e. The summed E-state index contributed by atoms with van der Waals surface area (Å²) in [6.45, 7) is 6.74. The average molecular weight is 323 g/mol. The first-order chi connectivity index (χ1) is 10.3. The van der Waals surface area contributed by atoms with Gasteiger partial charge in [-0.05, 0) is 20.8 Å². The zero-order valence-corrected chi connectivity index (χ0v) is 14.0. The molecule has 0 aliphatic rings. The lowest BCUT2D eigenvalue weighted by Gasteiger charge is -2.20. The number of hydrogen-bond acceptors (Lipinski definition) is 6. The smallest absolute Gasteiger partial charge is 0.413 e. The van der Waals surface area contributed by atoms with Crippen molar-refractivity contribution < 1.29 is 9.53 Å². The van der Waals surface area contributed by atoms with Crippen molar-refractivity contribution in [3.8, 4) is 0 Å². The summed E-state index contributed by atoms with van der Waals surface area (Å²) in [6, 6.07) is 0. The molecule has 2 heterocycles. The Hall–Kier alpha value is -1.93. The van der Waals surface area contributed by atoms with Gasteiger partial charge in [0, 0.05) is 37.3 Å². The van der Waals surface area contributed by atoms with E-state index in [4.69, 9.17) is 4.74 Å². The lowest BCUT2D eigenvalue weighted by atomic mass is 10.2. The van der Waals surface area contributed by atoms with Gasteiger partial charge in [-0.2, -0.15) is 5.10 Å². The van der Waals surface area contributed by atoms with Crippen LogP contribution in [0.1, 0.15) is 31.3 Å². The molecule has 0 fully saturated rings. The first kappa shape index (κ1) is 16.4. The molecule has 0 saturated carbocycles.